The van der Waals surface area contributed by atoms with Crippen LogP contribution in [0.15, 0.2) is 26.2 Å². The molecule has 1 aliphatic heterocycles. The highest BCUT2D eigenvalue weighted by atomic mass is 32.2. The zero-order chi connectivity index (χ0) is 18.2. The molecule has 1 atom stereocenters. The number of nitrogens with zero attached hydrogens (tertiary/aromatic N) is 3. The van der Waals surface area contributed by atoms with Gasteiger partial charge in [-0.15, -0.1) is 0 Å². The Kier molecular flexibility index (Phi) is 4.71. The van der Waals surface area contributed by atoms with Crippen LogP contribution >= 0.6 is 0 Å². The minimum Gasteiger partial charge on any atom is -0.438 e. The first-order chi connectivity index (χ1) is 11.7. The summed E-state index contributed by atoms with van der Waals surface area (Å²) in [4.78, 5) is 6.49. The van der Waals surface area contributed by atoms with Crippen LogP contribution < -0.4 is 10.0 Å². The summed E-state index contributed by atoms with van der Waals surface area (Å²) in [6.07, 6.45) is 0. The minimum atomic E-state index is -3.75. The summed E-state index contributed by atoms with van der Waals surface area (Å²) >= 11 is 0. The van der Waals surface area contributed by atoms with Crippen molar-refractivity contribution in [1.82, 2.24) is 25.1 Å². The smallest absolute Gasteiger partial charge is 0.293 e. The Morgan fingerprint density at radius 1 is 1.36 bits per heavy atom. The van der Waals surface area contributed by atoms with Crippen LogP contribution in [0.25, 0.3) is 11.7 Å². The molecule has 0 saturated carbocycles. The number of nitrogens with one attached hydrogen (secondary N) is 2. The first kappa shape index (κ1) is 18.1. The lowest BCUT2D eigenvalue weighted by molar-refractivity contribution is 0.190. The van der Waals surface area contributed by atoms with Crippen LogP contribution in [0.5, 0.6) is 0 Å². The number of sulfonamides is 1. The third-order valence-corrected chi connectivity index (χ3v) is 5.38. The first-order valence-corrected chi connectivity index (χ1v) is 9.53. The highest BCUT2D eigenvalue weighted by Crippen LogP contribution is 2.26. The van der Waals surface area contributed by atoms with E-state index in [1.807, 2.05) is 7.05 Å². The summed E-state index contributed by atoms with van der Waals surface area (Å²) in [7, 11) is -1.76. The Morgan fingerprint density at radius 3 is 2.80 bits per heavy atom. The van der Waals surface area contributed by atoms with Crippen LogP contribution in [0.2, 0.25) is 0 Å². The SMILES string of the molecule is CN1CCNCC1c1noc(-c2ccc(S(=O)(=O)NC(C)(C)C)o2)n1. The van der Waals surface area contributed by atoms with Gasteiger partial charge in [0.2, 0.25) is 5.09 Å². The first-order valence-electron chi connectivity index (χ1n) is 8.04. The molecule has 0 amide bonds. The fourth-order valence-electron chi connectivity index (χ4n) is 2.60. The summed E-state index contributed by atoms with van der Waals surface area (Å²) < 4.78 is 37.8. The van der Waals surface area contributed by atoms with Crippen LogP contribution in [-0.2, 0) is 10.0 Å². The zero-order valence-electron chi connectivity index (χ0n) is 14.7. The average Bonchev–Trinajstić information content (AvgIpc) is 3.14. The van der Waals surface area contributed by atoms with E-state index >= 15 is 0 Å². The molecule has 0 bridgehead atoms. The van der Waals surface area contributed by atoms with Crippen molar-refractivity contribution in [3.8, 4) is 11.7 Å². The maximum Gasteiger partial charge on any atom is 0.293 e. The van der Waals surface area contributed by atoms with Gasteiger partial charge in [-0.3, -0.25) is 4.90 Å². The lowest BCUT2D eigenvalue weighted by Gasteiger charge is -2.30. The molecule has 10 heteroatoms. The maximum absolute atomic E-state index is 12.3. The molecule has 2 aromatic heterocycles. The predicted octanol–water partition coefficient (Wildman–Crippen LogP) is 0.982. The van der Waals surface area contributed by atoms with Gasteiger partial charge < -0.3 is 14.3 Å². The van der Waals surface area contributed by atoms with E-state index in [9.17, 15) is 8.42 Å². The predicted molar refractivity (Wildman–Crippen MR) is 90.3 cm³/mol. The van der Waals surface area contributed by atoms with Gasteiger partial charge in [0, 0.05) is 25.2 Å². The molecule has 25 heavy (non-hydrogen) atoms. The van der Waals surface area contributed by atoms with Crippen molar-refractivity contribution in [1.29, 1.82) is 0 Å². The largest absolute Gasteiger partial charge is 0.438 e. The number of hydrogen-bond acceptors (Lipinski definition) is 8. The molecule has 1 saturated heterocycles. The van der Waals surface area contributed by atoms with Gasteiger partial charge >= 0.3 is 0 Å². The minimum absolute atomic E-state index is 0.00646. The summed E-state index contributed by atoms with van der Waals surface area (Å²) in [6, 6.07) is 2.89. The molecular weight excluding hydrogens is 346 g/mol. The van der Waals surface area contributed by atoms with Gasteiger partial charge in [0.15, 0.2) is 11.6 Å². The van der Waals surface area contributed by atoms with E-state index in [1.54, 1.807) is 20.8 Å². The van der Waals surface area contributed by atoms with Crippen molar-refractivity contribution < 1.29 is 17.4 Å². The van der Waals surface area contributed by atoms with Gasteiger partial charge in [-0.25, -0.2) is 13.1 Å². The Labute approximate surface area is 146 Å². The van der Waals surface area contributed by atoms with Gasteiger partial charge in [-0.1, -0.05) is 5.16 Å². The molecule has 1 aliphatic rings. The number of aromatic nitrogens is 2. The monoisotopic (exact) mass is 369 g/mol. The van der Waals surface area contributed by atoms with E-state index in [0.717, 1.165) is 19.6 Å². The van der Waals surface area contributed by atoms with Crippen LogP contribution in [0.3, 0.4) is 0 Å². The fraction of sp³-hybridized carbons (Fsp3) is 0.600. The van der Waals surface area contributed by atoms with Crippen molar-refractivity contribution in [3.63, 3.8) is 0 Å². The van der Waals surface area contributed by atoms with E-state index in [2.05, 4.69) is 25.1 Å². The molecule has 3 heterocycles. The Bertz CT molecular complexity index is 836. The van der Waals surface area contributed by atoms with Crippen LogP contribution in [0.4, 0.5) is 0 Å². The number of rotatable bonds is 4. The van der Waals surface area contributed by atoms with Gasteiger partial charge in [-0.05, 0) is 40.0 Å². The van der Waals surface area contributed by atoms with Crippen LogP contribution in [0, 0.1) is 0 Å². The molecule has 138 valence electrons. The lowest BCUT2D eigenvalue weighted by Crippen LogP contribution is -2.44. The zero-order valence-corrected chi connectivity index (χ0v) is 15.6. The fourth-order valence-corrected chi connectivity index (χ4v) is 3.95. The second kappa shape index (κ2) is 6.52. The van der Waals surface area contributed by atoms with Gasteiger partial charge in [0.1, 0.15) is 0 Å². The van der Waals surface area contributed by atoms with Crippen molar-refractivity contribution in [2.45, 2.75) is 37.4 Å². The molecule has 0 spiro atoms. The molecule has 9 nitrogen and oxygen atoms in total. The summed E-state index contributed by atoms with van der Waals surface area (Å²) in [5.74, 6) is 0.920. The average molecular weight is 369 g/mol. The second-order valence-electron chi connectivity index (χ2n) is 7.13. The molecule has 1 unspecified atom stereocenters. The van der Waals surface area contributed by atoms with E-state index in [-0.39, 0.29) is 22.8 Å². The van der Waals surface area contributed by atoms with E-state index in [0.29, 0.717) is 5.82 Å². The Balaban J connectivity index is 1.81. The molecule has 1 fully saturated rings. The summed E-state index contributed by atoms with van der Waals surface area (Å²) in [6.45, 7) is 7.80. The Morgan fingerprint density at radius 2 is 2.12 bits per heavy atom. The summed E-state index contributed by atoms with van der Waals surface area (Å²) in [5, 5.41) is 7.10. The van der Waals surface area contributed by atoms with Crippen molar-refractivity contribution in [3.05, 3.63) is 18.0 Å². The van der Waals surface area contributed by atoms with Crippen molar-refractivity contribution in [2.24, 2.45) is 0 Å². The number of hydrogen-bond donors (Lipinski definition) is 2. The molecule has 3 rings (SSSR count). The number of furan rings is 1. The third-order valence-electron chi connectivity index (χ3n) is 3.75. The topological polar surface area (TPSA) is 114 Å². The van der Waals surface area contributed by atoms with E-state index in [4.69, 9.17) is 8.94 Å². The van der Waals surface area contributed by atoms with E-state index < -0.39 is 15.6 Å². The van der Waals surface area contributed by atoms with Gasteiger partial charge in [0.25, 0.3) is 15.9 Å². The highest BCUT2D eigenvalue weighted by molar-refractivity contribution is 7.89. The molecule has 0 aromatic carbocycles. The normalized spacial score (nSPS) is 20.1. The van der Waals surface area contributed by atoms with Crippen LogP contribution in [0.1, 0.15) is 32.6 Å². The van der Waals surface area contributed by atoms with Crippen molar-refractivity contribution >= 4 is 10.0 Å². The molecule has 2 N–H and O–H groups in total. The van der Waals surface area contributed by atoms with E-state index in [1.165, 1.54) is 12.1 Å². The quantitative estimate of drug-likeness (QED) is 0.820. The lowest BCUT2D eigenvalue weighted by atomic mass is 10.1. The number of likely N-dealkylation sites (N-methyl/N-ethyl adjacent to an activating group) is 1. The second-order valence-corrected chi connectivity index (χ2v) is 8.75. The van der Waals surface area contributed by atoms with Gasteiger partial charge in [0.05, 0.1) is 6.04 Å². The molecular formula is C15H23N5O4S. The van der Waals surface area contributed by atoms with Crippen molar-refractivity contribution in [2.75, 3.05) is 26.7 Å². The third kappa shape index (κ3) is 4.09. The van der Waals surface area contributed by atoms with Crippen LogP contribution in [-0.4, -0.2) is 55.7 Å². The van der Waals surface area contributed by atoms with Gasteiger partial charge in [-0.2, -0.15) is 4.98 Å². The summed E-state index contributed by atoms with van der Waals surface area (Å²) in [5.41, 5.74) is -0.609. The molecule has 0 aliphatic carbocycles. The Hall–Kier alpha value is -1.75. The standard InChI is InChI=1S/C15H23N5O4S/c1-15(2,3)19-25(21,22)12-6-5-11(23-12)14-17-13(18-24-14)10-9-16-7-8-20(10)4/h5-6,10,16,19H,7-9H2,1-4H3. The maximum atomic E-state index is 12.3. The molecule has 0 radical (unpaired) electrons. The molecule has 2 aromatic rings. The highest BCUT2D eigenvalue weighted by Gasteiger charge is 2.28. The number of piperazine rings is 1.